The van der Waals surface area contributed by atoms with Gasteiger partial charge in [-0.2, -0.15) is 0 Å². The van der Waals surface area contributed by atoms with Gasteiger partial charge < -0.3 is 4.57 Å². The van der Waals surface area contributed by atoms with E-state index in [1.807, 2.05) is 17.9 Å². The molecule has 0 aliphatic carbocycles. The molecule has 0 amide bonds. The van der Waals surface area contributed by atoms with Crippen molar-refractivity contribution in [3.63, 3.8) is 0 Å². The Bertz CT molecular complexity index is 536. The maximum Gasteiger partial charge on any atom is 0.0947 e. The maximum atomic E-state index is 4.50. The lowest BCUT2D eigenvalue weighted by Crippen LogP contribution is -2.21. The molecule has 17 heavy (non-hydrogen) atoms. The Morgan fingerprint density at radius 2 is 1.88 bits per heavy atom. The first-order chi connectivity index (χ1) is 7.93. The molecule has 0 atom stereocenters. The molecule has 0 aliphatic rings. The van der Waals surface area contributed by atoms with Gasteiger partial charge in [0, 0.05) is 18.7 Å². The van der Waals surface area contributed by atoms with Crippen molar-refractivity contribution < 1.29 is 0 Å². The second-order valence-electron chi connectivity index (χ2n) is 5.30. The van der Waals surface area contributed by atoms with E-state index in [9.17, 15) is 0 Å². The van der Waals surface area contributed by atoms with Crippen molar-refractivity contribution in [3.8, 4) is 0 Å². The molecule has 0 bridgehead atoms. The van der Waals surface area contributed by atoms with Crippen molar-refractivity contribution in [1.82, 2.24) is 9.55 Å². The first kappa shape index (κ1) is 11.9. The van der Waals surface area contributed by atoms with Crippen molar-refractivity contribution >= 4 is 0 Å². The predicted octanol–water partition coefficient (Wildman–Crippen LogP) is 3.36. The van der Waals surface area contributed by atoms with E-state index in [-0.39, 0.29) is 5.41 Å². The van der Waals surface area contributed by atoms with Crippen molar-refractivity contribution in [2.45, 2.75) is 33.1 Å². The fraction of sp³-hybridized carbons (Fsp3) is 0.400. The predicted molar refractivity (Wildman–Crippen MR) is 71.3 cm³/mol. The largest absolute Gasteiger partial charge is 0.340 e. The zero-order valence-electron chi connectivity index (χ0n) is 11.3. The van der Waals surface area contributed by atoms with E-state index in [1.54, 1.807) is 0 Å². The van der Waals surface area contributed by atoms with Crippen LogP contribution in [0.1, 0.15) is 36.2 Å². The van der Waals surface area contributed by atoms with Crippen molar-refractivity contribution in [1.29, 1.82) is 0 Å². The van der Waals surface area contributed by atoms with E-state index in [0.717, 1.165) is 5.69 Å². The maximum absolute atomic E-state index is 4.50. The van der Waals surface area contributed by atoms with Crippen LogP contribution in [0.2, 0.25) is 0 Å². The third-order valence-electron chi connectivity index (χ3n) is 3.62. The minimum absolute atomic E-state index is 0.0443. The summed E-state index contributed by atoms with van der Waals surface area (Å²) in [5.74, 6) is 0. The Labute approximate surface area is 103 Å². The first-order valence-corrected chi connectivity index (χ1v) is 5.98. The number of aryl methyl sites for hydroxylation is 2. The second kappa shape index (κ2) is 4.02. The number of benzene rings is 1. The topological polar surface area (TPSA) is 17.8 Å². The van der Waals surface area contributed by atoms with Gasteiger partial charge >= 0.3 is 0 Å². The van der Waals surface area contributed by atoms with Crippen LogP contribution in [0.5, 0.6) is 0 Å². The van der Waals surface area contributed by atoms with E-state index >= 15 is 0 Å². The molecular weight excluding hydrogens is 208 g/mol. The molecule has 0 fully saturated rings. The van der Waals surface area contributed by atoms with Gasteiger partial charge in [0.25, 0.3) is 0 Å². The number of aromatic nitrogens is 2. The van der Waals surface area contributed by atoms with Gasteiger partial charge in [0.2, 0.25) is 0 Å². The molecule has 0 unspecified atom stereocenters. The normalized spacial score (nSPS) is 11.8. The number of imidazole rings is 1. The summed E-state index contributed by atoms with van der Waals surface area (Å²) in [6, 6.07) is 6.49. The van der Waals surface area contributed by atoms with Crippen LogP contribution in [0.25, 0.3) is 0 Å². The molecule has 1 aromatic heterocycles. The van der Waals surface area contributed by atoms with Crippen molar-refractivity contribution in [2.24, 2.45) is 7.05 Å². The molecule has 0 saturated carbocycles. The van der Waals surface area contributed by atoms with Crippen LogP contribution >= 0.6 is 0 Å². The number of hydrogen-bond acceptors (Lipinski definition) is 1. The molecule has 0 N–H and O–H groups in total. The van der Waals surface area contributed by atoms with Crippen LogP contribution in [-0.4, -0.2) is 9.55 Å². The number of rotatable bonds is 2. The molecule has 90 valence electrons. The van der Waals surface area contributed by atoms with Crippen LogP contribution in [0.15, 0.2) is 30.7 Å². The Hall–Kier alpha value is -1.57. The summed E-state index contributed by atoms with van der Waals surface area (Å²) >= 11 is 0. The van der Waals surface area contributed by atoms with Crippen LogP contribution in [0, 0.1) is 13.8 Å². The molecule has 0 saturated heterocycles. The number of hydrogen-bond donors (Lipinski definition) is 0. The molecule has 0 radical (unpaired) electrons. The van der Waals surface area contributed by atoms with Crippen LogP contribution in [0.3, 0.4) is 0 Å². The smallest absolute Gasteiger partial charge is 0.0947 e. The molecule has 0 aliphatic heterocycles. The van der Waals surface area contributed by atoms with Gasteiger partial charge in [0.15, 0.2) is 0 Å². The van der Waals surface area contributed by atoms with Gasteiger partial charge in [0.05, 0.1) is 12.0 Å². The third-order valence-corrected chi connectivity index (χ3v) is 3.62. The summed E-state index contributed by atoms with van der Waals surface area (Å²) in [4.78, 5) is 4.50. The van der Waals surface area contributed by atoms with Gasteiger partial charge in [0.1, 0.15) is 0 Å². The summed E-state index contributed by atoms with van der Waals surface area (Å²) < 4.78 is 2.00. The first-order valence-electron chi connectivity index (χ1n) is 5.98. The van der Waals surface area contributed by atoms with E-state index in [2.05, 4.69) is 57.1 Å². The van der Waals surface area contributed by atoms with Gasteiger partial charge in [-0.05, 0) is 30.5 Å². The standard InChI is InChI=1S/C15H20N2/c1-11-7-6-8-13(12(11)2)15(3,4)14-9-17(5)10-16-14/h6-10H,1-5H3. The zero-order chi connectivity index (χ0) is 12.6. The van der Waals surface area contributed by atoms with E-state index in [0.29, 0.717) is 0 Å². The molecular formula is C15H20N2. The summed E-state index contributed by atoms with van der Waals surface area (Å²) in [6.07, 6.45) is 3.96. The Morgan fingerprint density at radius 3 is 2.47 bits per heavy atom. The SMILES string of the molecule is Cc1cccc(C(C)(C)c2cn(C)cn2)c1C. The highest BCUT2D eigenvalue weighted by atomic mass is 15.0. The van der Waals surface area contributed by atoms with Gasteiger partial charge in [-0.3, -0.25) is 0 Å². The highest BCUT2D eigenvalue weighted by Gasteiger charge is 2.27. The van der Waals surface area contributed by atoms with Gasteiger partial charge in [-0.25, -0.2) is 4.98 Å². The lowest BCUT2D eigenvalue weighted by Gasteiger charge is -2.26. The minimum Gasteiger partial charge on any atom is -0.340 e. The fourth-order valence-corrected chi connectivity index (χ4v) is 2.30. The fourth-order valence-electron chi connectivity index (χ4n) is 2.30. The molecule has 2 aromatic rings. The molecule has 2 rings (SSSR count). The van der Waals surface area contributed by atoms with E-state index < -0.39 is 0 Å². The average Bonchev–Trinajstić information content (AvgIpc) is 2.69. The van der Waals surface area contributed by atoms with Gasteiger partial charge in [-0.1, -0.05) is 32.0 Å². The van der Waals surface area contributed by atoms with Crippen molar-refractivity contribution in [2.75, 3.05) is 0 Å². The Balaban J connectivity index is 2.55. The Morgan fingerprint density at radius 1 is 1.18 bits per heavy atom. The van der Waals surface area contributed by atoms with E-state index in [1.165, 1.54) is 16.7 Å². The lowest BCUT2D eigenvalue weighted by atomic mass is 9.78. The molecule has 1 heterocycles. The summed E-state index contributed by atoms with van der Waals surface area (Å²) in [7, 11) is 2.01. The minimum atomic E-state index is -0.0443. The van der Waals surface area contributed by atoms with Crippen LogP contribution in [0.4, 0.5) is 0 Å². The average molecular weight is 228 g/mol. The second-order valence-corrected chi connectivity index (χ2v) is 5.30. The quantitative estimate of drug-likeness (QED) is 0.770. The Kier molecular flexibility index (Phi) is 2.82. The lowest BCUT2D eigenvalue weighted by molar-refractivity contribution is 0.615. The van der Waals surface area contributed by atoms with E-state index in [4.69, 9.17) is 0 Å². The van der Waals surface area contributed by atoms with Gasteiger partial charge in [-0.15, -0.1) is 0 Å². The van der Waals surface area contributed by atoms with Crippen molar-refractivity contribution in [3.05, 3.63) is 53.1 Å². The summed E-state index contributed by atoms with van der Waals surface area (Å²) in [5, 5.41) is 0. The van der Waals surface area contributed by atoms with Crippen LogP contribution < -0.4 is 0 Å². The van der Waals surface area contributed by atoms with Crippen LogP contribution in [-0.2, 0) is 12.5 Å². The monoisotopic (exact) mass is 228 g/mol. The highest BCUT2D eigenvalue weighted by molar-refractivity contribution is 5.42. The zero-order valence-corrected chi connectivity index (χ0v) is 11.3. The molecule has 2 heteroatoms. The highest BCUT2D eigenvalue weighted by Crippen LogP contribution is 2.33. The molecule has 2 nitrogen and oxygen atoms in total. The number of nitrogens with zero attached hydrogens (tertiary/aromatic N) is 2. The summed E-state index contributed by atoms with van der Waals surface area (Å²) in [6.45, 7) is 8.82. The summed E-state index contributed by atoms with van der Waals surface area (Å²) in [5.41, 5.74) is 5.14. The third kappa shape index (κ3) is 1.99. The molecule has 0 spiro atoms. The molecule has 1 aromatic carbocycles.